The Balaban J connectivity index is 0. The maximum Gasteiger partial charge on any atom is 2.00 e. The summed E-state index contributed by atoms with van der Waals surface area (Å²) < 4.78 is 0. The van der Waals surface area contributed by atoms with Gasteiger partial charge in [-0.1, -0.05) is 0 Å². The van der Waals surface area contributed by atoms with Crippen molar-refractivity contribution in [3.05, 3.63) is 0 Å². The largest absolute Gasteiger partial charge is 2.00 e. The molecule has 0 atom stereocenters. The molecule has 60 nitrogen and oxygen atoms in total. The van der Waals surface area contributed by atoms with Crippen LogP contribution in [0.4, 0.5) is 0 Å². The second kappa shape index (κ2) is 46100. The van der Waals surface area contributed by atoms with E-state index in [-0.39, 0.29) is 499 Å². The summed E-state index contributed by atoms with van der Waals surface area (Å²) in [5.74, 6) is 0. The van der Waals surface area contributed by atoms with E-state index in [9.17, 15) is 0 Å². The van der Waals surface area contributed by atoms with Crippen LogP contribution in [0.15, 0.2) is 0 Å². The van der Waals surface area contributed by atoms with Gasteiger partial charge in [-0.15, -0.1) is 0 Å². The van der Waals surface area contributed by atoms with Gasteiger partial charge in [-0.25, -0.2) is 0 Å². The zero-order valence-corrected chi connectivity index (χ0v) is 36.9. The van der Waals surface area contributed by atoms with E-state index in [0.717, 1.165) is 0 Å². The topological polar surface area (TPSA) is 1710 Å². The molecule has 0 aliphatic rings. The predicted octanol–water partition coefficient (Wildman–Crippen LogP) is -7.15. The summed E-state index contributed by atoms with van der Waals surface area (Å²) in [5.41, 5.74) is 0. The fourth-order valence-corrected chi connectivity index (χ4v) is 0. The van der Waals surface area contributed by atoms with Crippen LogP contribution in [-0.2, 0) is 499 Å². The average Bonchev–Trinajstić information content (AvgIpc) is 0. The van der Waals surface area contributed by atoms with Crippen LogP contribution >= 0.6 is 0 Å². The Kier molecular flexibility index (Phi) is 31600000. The predicted molar refractivity (Wildman–Crippen MR) is 41.2 cm³/mol. The molecule has 0 spiro atoms. The van der Waals surface area contributed by atoms with Crippen molar-refractivity contribution < 1.29 is 499 Å². The molecule has 0 saturated heterocycles. The summed E-state index contributed by atoms with van der Waals surface area (Å²) >= 11 is 0. The molecule has 0 N–H and O–H groups in total. The summed E-state index contributed by atoms with van der Waals surface area (Å²) in [6, 6.07) is 0. The van der Waals surface area contributed by atoms with E-state index >= 15 is 0 Å². The molecule has 0 amide bonds. The van der Waals surface area contributed by atoms with E-state index in [1.165, 1.54) is 0 Å². The Morgan fingerprint density at radius 3 is 0.0286 bits per heavy atom. The molecule has 0 saturated carbocycles. The summed E-state index contributed by atoms with van der Waals surface area (Å²) in [6.07, 6.45) is 0. The van der Waals surface area contributed by atoms with Gasteiger partial charge in [0.2, 0.25) is 0 Å². The standard InChI is InChI=1S/10Cu.60O/q10*+2;60*-2. The molecule has 70 heteroatoms. The maximum absolute atomic E-state index is 0. The van der Waals surface area contributed by atoms with Gasteiger partial charge in [-0.05, 0) is 0 Å². The van der Waals surface area contributed by atoms with Crippen molar-refractivity contribution in [2.75, 3.05) is 0 Å². The van der Waals surface area contributed by atoms with Crippen molar-refractivity contribution >= 4 is 0 Å². The van der Waals surface area contributed by atoms with Crippen molar-refractivity contribution in [1.29, 1.82) is 0 Å². The third kappa shape index (κ3) is 44200. The number of rotatable bonds is 0. The van der Waals surface area contributed by atoms with Crippen molar-refractivity contribution in [1.82, 2.24) is 0 Å². The molecular formula is Cu10O60-100. The van der Waals surface area contributed by atoms with Crippen molar-refractivity contribution in [2.45, 2.75) is 0 Å². The Morgan fingerprint density at radius 2 is 0.0286 bits per heavy atom. The SMILES string of the molecule is [Cu+2].[Cu+2].[Cu+2].[Cu+2].[Cu+2].[Cu+2].[Cu+2].[Cu+2].[Cu+2].[Cu+2].[O-2].[O-2].[O-2].[O-2].[O-2].[O-2].[O-2].[O-2].[O-2].[O-2].[O-2].[O-2].[O-2].[O-2].[O-2].[O-2].[O-2].[O-2].[O-2].[O-2].[O-2].[O-2].[O-2].[O-2].[O-2].[O-2].[O-2].[O-2].[O-2].[O-2].[O-2].[O-2].[O-2].[O-2].[O-2].[O-2].[O-2].[O-2].[O-2].[O-2].[O-2].[O-2].[O-2].[O-2].[O-2].[O-2].[O-2].[O-2].[O-2].[O-2].[O-2].[O-2].[O-2].[O-2].[O-2].[O-2].[O-2].[O-2].[O-2].[O-2]. The van der Waals surface area contributed by atoms with Crippen LogP contribution in [0.1, 0.15) is 0 Å². The Hall–Kier alpha value is 2.79. The molecule has 0 aliphatic heterocycles. The molecular weight excluding hydrogens is 1600 g/mol. The molecule has 0 aromatic rings. The minimum Gasteiger partial charge on any atom is -2.00 e. The Morgan fingerprint density at radius 1 is 0.0286 bits per heavy atom. The van der Waals surface area contributed by atoms with Gasteiger partial charge in [0.05, 0.1) is 0 Å². The Bertz CT molecular complexity index is 41.4. The Labute approximate surface area is 496 Å². The molecule has 0 heterocycles. The second-order valence-corrected chi connectivity index (χ2v) is 0. The maximum atomic E-state index is 0. The van der Waals surface area contributed by atoms with Crippen molar-refractivity contribution in [3.63, 3.8) is 0 Å². The first-order valence-electron chi connectivity index (χ1n) is 0. The molecule has 70 heavy (non-hydrogen) atoms. The van der Waals surface area contributed by atoms with Crippen molar-refractivity contribution in [2.24, 2.45) is 0 Å². The van der Waals surface area contributed by atoms with Gasteiger partial charge in [-0.3, -0.25) is 0 Å². The summed E-state index contributed by atoms with van der Waals surface area (Å²) in [4.78, 5) is 0. The van der Waals surface area contributed by atoms with Crippen molar-refractivity contribution in [3.8, 4) is 0 Å². The molecule has 0 aromatic carbocycles. The molecule has 0 fully saturated rings. The molecule has 0 aromatic heterocycles. The third-order valence-corrected chi connectivity index (χ3v) is 0. The number of hydrogen-bond acceptors (Lipinski definition) is 0. The van der Waals surface area contributed by atoms with Crippen LogP contribution in [0.5, 0.6) is 0 Å². The third-order valence-electron chi connectivity index (χ3n) is 0. The van der Waals surface area contributed by atoms with E-state index in [0.29, 0.717) is 0 Å². The minimum atomic E-state index is 0. The van der Waals surface area contributed by atoms with E-state index < -0.39 is 0 Å². The van der Waals surface area contributed by atoms with Gasteiger partial charge in [0.1, 0.15) is 0 Å². The molecule has 10 radical (unpaired) electrons. The molecule has 0 bridgehead atoms. The number of hydrogen-bond donors (Lipinski definition) is 0. The average molecular weight is 1600 g/mol. The summed E-state index contributed by atoms with van der Waals surface area (Å²) in [6.45, 7) is 0. The fourth-order valence-electron chi connectivity index (χ4n) is 0. The zero-order chi connectivity index (χ0) is 0. The van der Waals surface area contributed by atoms with Gasteiger partial charge < -0.3 is 329 Å². The van der Waals surface area contributed by atoms with Gasteiger partial charge in [-0.2, -0.15) is 0 Å². The van der Waals surface area contributed by atoms with E-state index in [1.807, 2.05) is 0 Å². The monoisotopic (exact) mass is 1590 g/mol. The summed E-state index contributed by atoms with van der Waals surface area (Å²) in [5, 5.41) is 0. The van der Waals surface area contributed by atoms with E-state index in [2.05, 4.69) is 0 Å². The van der Waals surface area contributed by atoms with Crippen LogP contribution in [0.3, 0.4) is 0 Å². The van der Waals surface area contributed by atoms with Gasteiger partial charge in [0, 0.05) is 0 Å². The van der Waals surface area contributed by atoms with E-state index in [1.54, 1.807) is 0 Å². The fraction of sp³-hybridized carbons (Fsp3) is 0. The molecule has 570 valence electrons. The van der Waals surface area contributed by atoms with Crippen LogP contribution in [0.25, 0.3) is 0 Å². The smallest absolute Gasteiger partial charge is 2.00 e. The minimum absolute atomic E-state index is 0. The second-order valence-electron chi connectivity index (χ2n) is 0. The molecule has 0 aliphatic carbocycles. The van der Waals surface area contributed by atoms with Gasteiger partial charge in [0.15, 0.2) is 0 Å². The van der Waals surface area contributed by atoms with E-state index in [4.69, 9.17) is 0 Å². The zero-order valence-electron chi connectivity index (χ0n) is 27.5. The van der Waals surface area contributed by atoms with Crippen LogP contribution in [0.2, 0.25) is 0 Å². The van der Waals surface area contributed by atoms with Crippen LogP contribution in [0, 0.1) is 0 Å². The van der Waals surface area contributed by atoms with Gasteiger partial charge in [0.25, 0.3) is 0 Å². The van der Waals surface area contributed by atoms with Crippen LogP contribution in [-0.4, -0.2) is 0 Å². The first-order chi connectivity index (χ1) is 0. The first-order valence-corrected chi connectivity index (χ1v) is 0. The normalized spacial score (nSPS) is 0. The quantitative estimate of drug-likeness (QED) is 0.204. The summed E-state index contributed by atoms with van der Waals surface area (Å²) in [7, 11) is 0. The van der Waals surface area contributed by atoms with Crippen LogP contribution < -0.4 is 0 Å². The molecule has 0 unspecified atom stereocenters. The first kappa shape index (κ1) is 48000. The molecule has 0 rings (SSSR count). The van der Waals surface area contributed by atoms with Gasteiger partial charge >= 0.3 is 171 Å².